The lowest BCUT2D eigenvalue weighted by atomic mass is 10.0. The summed E-state index contributed by atoms with van der Waals surface area (Å²) in [4.78, 5) is 44.1. The second-order valence-corrected chi connectivity index (χ2v) is 11.0. The molecule has 3 aliphatic heterocycles. The summed E-state index contributed by atoms with van der Waals surface area (Å²) in [5.74, 6) is -0.599. The normalized spacial score (nSPS) is 21.7. The molecular weight excluding hydrogens is 537 g/mol. The molecule has 41 heavy (non-hydrogen) atoms. The maximum atomic E-state index is 12.9. The van der Waals surface area contributed by atoms with E-state index in [1.54, 1.807) is 0 Å². The predicted octanol–water partition coefficient (Wildman–Crippen LogP) is 3.47. The summed E-state index contributed by atoms with van der Waals surface area (Å²) in [5, 5.41) is 2.47. The fraction of sp³-hybridized carbons (Fsp3) is 0.500. The van der Waals surface area contributed by atoms with Crippen LogP contribution in [-0.4, -0.2) is 92.5 Å². The van der Waals surface area contributed by atoms with Crippen molar-refractivity contribution in [3.63, 3.8) is 0 Å². The molecule has 0 aliphatic carbocycles. The highest BCUT2D eigenvalue weighted by molar-refractivity contribution is 5.97. The SMILES string of the molecule is O=C(CNC(=O)c1cccc(C(F)(F)F)c1)C[C@@H]1CCN(C2CCN(c3ccc(C(=O)N4CCOCC4)cc3)C2)C1. The van der Waals surface area contributed by atoms with E-state index in [0.29, 0.717) is 44.3 Å². The number of rotatable bonds is 8. The second kappa shape index (κ2) is 12.6. The Morgan fingerprint density at radius 3 is 2.39 bits per heavy atom. The second-order valence-electron chi connectivity index (χ2n) is 11.0. The molecule has 2 amide bonds. The number of hydrogen-bond donors (Lipinski definition) is 1. The maximum Gasteiger partial charge on any atom is 0.416 e. The average molecular weight is 573 g/mol. The molecule has 3 heterocycles. The third kappa shape index (κ3) is 7.26. The van der Waals surface area contributed by atoms with Gasteiger partial charge >= 0.3 is 6.18 Å². The molecule has 3 fully saturated rings. The molecule has 0 saturated carbocycles. The van der Waals surface area contributed by atoms with E-state index in [0.717, 1.165) is 56.8 Å². The maximum absolute atomic E-state index is 12.9. The number of amides is 2. The molecule has 0 radical (unpaired) electrons. The summed E-state index contributed by atoms with van der Waals surface area (Å²) in [6.45, 7) is 5.69. The lowest BCUT2D eigenvalue weighted by Crippen LogP contribution is -2.40. The van der Waals surface area contributed by atoms with E-state index < -0.39 is 17.6 Å². The molecule has 5 rings (SSSR count). The minimum Gasteiger partial charge on any atom is -0.378 e. The fourth-order valence-electron chi connectivity index (χ4n) is 5.91. The van der Waals surface area contributed by atoms with Crippen molar-refractivity contribution in [3.8, 4) is 0 Å². The van der Waals surface area contributed by atoms with Gasteiger partial charge in [0.2, 0.25) is 0 Å². The number of carbonyl (C=O) groups is 3. The Labute approximate surface area is 237 Å². The van der Waals surface area contributed by atoms with Crippen LogP contribution in [0.3, 0.4) is 0 Å². The van der Waals surface area contributed by atoms with Gasteiger partial charge in [0.25, 0.3) is 11.8 Å². The number of likely N-dealkylation sites (tertiary alicyclic amines) is 1. The third-order valence-corrected chi connectivity index (χ3v) is 8.19. The molecule has 2 aromatic rings. The number of ketones is 1. The van der Waals surface area contributed by atoms with Gasteiger partial charge in [0.1, 0.15) is 0 Å². The molecule has 220 valence electrons. The zero-order chi connectivity index (χ0) is 29.0. The molecule has 2 aromatic carbocycles. The topological polar surface area (TPSA) is 82.2 Å². The van der Waals surface area contributed by atoms with Crippen LogP contribution < -0.4 is 10.2 Å². The van der Waals surface area contributed by atoms with Gasteiger partial charge in [0.15, 0.2) is 5.78 Å². The molecule has 0 aromatic heterocycles. The summed E-state index contributed by atoms with van der Waals surface area (Å²) in [6.07, 6.45) is -2.30. The van der Waals surface area contributed by atoms with Gasteiger partial charge in [0, 0.05) is 62.0 Å². The molecule has 0 bridgehead atoms. The highest BCUT2D eigenvalue weighted by Crippen LogP contribution is 2.30. The van der Waals surface area contributed by atoms with Gasteiger partial charge in [-0.2, -0.15) is 13.2 Å². The first-order valence-corrected chi connectivity index (χ1v) is 14.1. The van der Waals surface area contributed by atoms with E-state index >= 15 is 0 Å². The van der Waals surface area contributed by atoms with Crippen LogP contribution in [0.4, 0.5) is 18.9 Å². The smallest absolute Gasteiger partial charge is 0.378 e. The van der Waals surface area contributed by atoms with E-state index in [2.05, 4.69) is 15.1 Å². The van der Waals surface area contributed by atoms with Gasteiger partial charge in [-0.1, -0.05) is 6.07 Å². The van der Waals surface area contributed by atoms with E-state index in [1.807, 2.05) is 29.2 Å². The number of alkyl halides is 3. The van der Waals surface area contributed by atoms with Crippen molar-refractivity contribution in [2.75, 3.05) is 63.9 Å². The van der Waals surface area contributed by atoms with Crippen molar-refractivity contribution >= 4 is 23.3 Å². The van der Waals surface area contributed by atoms with Crippen molar-refractivity contribution in [3.05, 3.63) is 65.2 Å². The van der Waals surface area contributed by atoms with Crippen LogP contribution >= 0.6 is 0 Å². The Morgan fingerprint density at radius 1 is 0.902 bits per heavy atom. The minimum atomic E-state index is -4.54. The van der Waals surface area contributed by atoms with Crippen molar-refractivity contribution in [2.45, 2.75) is 31.5 Å². The van der Waals surface area contributed by atoms with Crippen LogP contribution in [0.15, 0.2) is 48.5 Å². The number of morpholine rings is 1. The van der Waals surface area contributed by atoms with Crippen LogP contribution in [0.1, 0.15) is 45.5 Å². The summed E-state index contributed by atoms with van der Waals surface area (Å²) in [7, 11) is 0. The molecule has 8 nitrogen and oxygen atoms in total. The first-order valence-electron chi connectivity index (χ1n) is 14.1. The van der Waals surface area contributed by atoms with Crippen molar-refractivity contribution in [1.82, 2.24) is 15.1 Å². The number of nitrogens with one attached hydrogen (secondary N) is 1. The number of Topliss-reactive ketones (excluding diaryl/α,β-unsaturated/α-hetero) is 1. The first kappa shape index (κ1) is 29.1. The fourth-order valence-corrected chi connectivity index (χ4v) is 5.91. The number of ether oxygens (including phenoxy) is 1. The summed E-state index contributed by atoms with van der Waals surface area (Å²) in [6, 6.07) is 12.4. The van der Waals surface area contributed by atoms with Crippen molar-refractivity contribution < 1.29 is 32.3 Å². The van der Waals surface area contributed by atoms with Gasteiger partial charge in [-0.25, -0.2) is 0 Å². The number of halogens is 3. The molecule has 1 unspecified atom stereocenters. The molecule has 1 N–H and O–H groups in total. The van der Waals surface area contributed by atoms with E-state index in [1.165, 1.54) is 12.1 Å². The van der Waals surface area contributed by atoms with Crippen LogP contribution in [0, 0.1) is 5.92 Å². The van der Waals surface area contributed by atoms with E-state index in [4.69, 9.17) is 4.74 Å². The predicted molar refractivity (Wildman–Crippen MR) is 147 cm³/mol. The van der Waals surface area contributed by atoms with Crippen LogP contribution in [0.5, 0.6) is 0 Å². The van der Waals surface area contributed by atoms with Crippen LogP contribution in [0.2, 0.25) is 0 Å². The summed E-state index contributed by atoms with van der Waals surface area (Å²) < 4.78 is 44.1. The van der Waals surface area contributed by atoms with Gasteiger partial charge in [-0.05, 0) is 67.8 Å². The number of nitrogens with zero attached hydrogens (tertiary/aromatic N) is 3. The largest absolute Gasteiger partial charge is 0.416 e. The molecule has 3 saturated heterocycles. The number of anilines is 1. The molecular formula is C30H35F3N4O4. The Bertz CT molecular complexity index is 1250. The Morgan fingerprint density at radius 2 is 1.66 bits per heavy atom. The Kier molecular flexibility index (Phi) is 8.94. The highest BCUT2D eigenvalue weighted by Gasteiger charge is 2.34. The van der Waals surface area contributed by atoms with Gasteiger partial charge in [-0.3, -0.25) is 19.3 Å². The van der Waals surface area contributed by atoms with E-state index in [9.17, 15) is 27.6 Å². The Hall–Kier alpha value is -3.44. The highest BCUT2D eigenvalue weighted by atomic mass is 19.4. The zero-order valence-electron chi connectivity index (χ0n) is 22.9. The monoisotopic (exact) mass is 572 g/mol. The lowest BCUT2D eigenvalue weighted by molar-refractivity contribution is -0.137. The lowest BCUT2D eigenvalue weighted by Gasteiger charge is -2.27. The minimum absolute atomic E-state index is 0.0343. The van der Waals surface area contributed by atoms with Gasteiger partial charge in [0.05, 0.1) is 25.3 Å². The summed E-state index contributed by atoms with van der Waals surface area (Å²) in [5.41, 5.74) is 0.755. The van der Waals surface area contributed by atoms with Crippen LogP contribution in [0.25, 0.3) is 0 Å². The van der Waals surface area contributed by atoms with Crippen LogP contribution in [-0.2, 0) is 15.7 Å². The van der Waals surface area contributed by atoms with Gasteiger partial charge < -0.3 is 19.9 Å². The Balaban J connectivity index is 1.05. The number of hydrogen-bond acceptors (Lipinski definition) is 6. The van der Waals surface area contributed by atoms with Gasteiger partial charge in [-0.15, -0.1) is 0 Å². The molecule has 11 heteroatoms. The molecule has 3 aliphatic rings. The summed E-state index contributed by atoms with van der Waals surface area (Å²) >= 11 is 0. The van der Waals surface area contributed by atoms with Crippen molar-refractivity contribution in [2.24, 2.45) is 5.92 Å². The first-order chi connectivity index (χ1) is 19.7. The zero-order valence-corrected chi connectivity index (χ0v) is 22.9. The quantitative estimate of drug-likeness (QED) is 0.522. The third-order valence-electron chi connectivity index (χ3n) is 8.19. The average Bonchev–Trinajstić information content (AvgIpc) is 3.66. The van der Waals surface area contributed by atoms with E-state index in [-0.39, 0.29) is 29.7 Å². The number of carbonyl (C=O) groups excluding carboxylic acids is 3. The molecule has 2 atom stereocenters. The molecule has 0 spiro atoms. The standard InChI is InChI=1S/C30H35F3N4O4/c31-30(32,33)24-3-1-2-23(17-24)28(39)34-18-27(38)16-21-8-10-36(19-21)26-9-11-37(20-26)25-6-4-22(5-7-25)29(40)35-12-14-41-15-13-35/h1-7,17,21,26H,8-16,18-20H2,(H,34,39)/t21-,26?/m0/s1. The van der Waals surface area contributed by atoms with Crippen molar-refractivity contribution in [1.29, 1.82) is 0 Å². The number of benzene rings is 2.